The number of hydrogen-bond acceptors (Lipinski definition) is 6. The number of rotatable bonds is 8. The molecule has 0 amide bonds. The molecule has 1 heterocycles. The first-order valence-corrected chi connectivity index (χ1v) is 10.1. The molecule has 160 valence electrons. The number of allylic oxidation sites excluding steroid dienone is 1. The minimum Gasteiger partial charge on any atom is -0.493 e. The van der Waals surface area contributed by atoms with Gasteiger partial charge in [0, 0.05) is 32.7 Å². The van der Waals surface area contributed by atoms with Crippen molar-refractivity contribution in [3.05, 3.63) is 59.2 Å². The second kappa shape index (κ2) is 10.3. The lowest BCUT2D eigenvalue weighted by molar-refractivity contribution is 0.104. The fraction of sp³-hybridized carbons (Fsp3) is 0.375. The quantitative estimate of drug-likeness (QED) is 0.491. The van der Waals surface area contributed by atoms with Crippen molar-refractivity contribution in [1.29, 1.82) is 0 Å². The summed E-state index contributed by atoms with van der Waals surface area (Å²) in [5, 5.41) is 0. The van der Waals surface area contributed by atoms with E-state index in [9.17, 15) is 4.79 Å². The van der Waals surface area contributed by atoms with Gasteiger partial charge in [0.1, 0.15) is 0 Å². The minimum atomic E-state index is -0.151. The molecule has 0 N–H and O–H groups in total. The summed E-state index contributed by atoms with van der Waals surface area (Å²) in [5.74, 6) is 1.15. The number of benzene rings is 2. The van der Waals surface area contributed by atoms with Crippen LogP contribution in [-0.2, 0) is 6.54 Å². The first-order valence-electron chi connectivity index (χ1n) is 10.1. The van der Waals surface area contributed by atoms with Crippen LogP contribution in [0.15, 0.2) is 42.5 Å². The maximum Gasteiger partial charge on any atom is 0.204 e. The molecule has 3 rings (SSSR count). The molecule has 1 aliphatic heterocycles. The maximum atomic E-state index is 12.9. The van der Waals surface area contributed by atoms with Crippen LogP contribution in [-0.4, -0.2) is 70.1 Å². The lowest BCUT2D eigenvalue weighted by atomic mass is 10.0. The number of likely N-dealkylation sites (N-methyl/N-ethyl adjacent to an activating group) is 1. The Balaban J connectivity index is 1.80. The number of carbonyl (C=O) groups excluding carboxylic acids is 1. The second-order valence-electron chi connectivity index (χ2n) is 7.36. The van der Waals surface area contributed by atoms with E-state index in [1.165, 1.54) is 19.8 Å². The van der Waals surface area contributed by atoms with Gasteiger partial charge in [-0.25, -0.2) is 0 Å². The van der Waals surface area contributed by atoms with Crippen LogP contribution in [0, 0.1) is 0 Å². The van der Waals surface area contributed by atoms with E-state index in [0.717, 1.165) is 38.3 Å². The van der Waals surface area contributed by atoms with Crippen LogP contribution in [0.1, 0.15) is 21.5 Å². The predicted molar refractivity (Wildman–Crippen MR) is 119 cm³/mol. The monoisotopic (exact) mass is 410 g/mol. The summed E-state index contributed by atoms with van der Waals surface area (Å²) in [6.45, 7) is 5.14. The van der Waals surface area contributed by atoms with Gasteiger partial charge >= 0.3 is 0 Å². The molecular weight excluding hydrogens is 380 g/mol. The normalized spacial score (nSPS) is 15.3. The zero-order valence-electron chi connectivity index (χ0n) is 18.2. The lowest BCUT2D eigenvalue weighted by Gasteiger charge is -2.32. The summed E-state index contributed by atoms with van der Waals surface area (Å²) in [4.78, 5) is 17.7. The third-order valence-electron chi connectivity index (χ3n) is 5.43. The Kier molecular flexibility index (Phi) is 7.49. The maximum absolute atomic E-state index is 12.9. The van der Waals surface area contributed by atoms with E-state index in [2.05, 4.69) is 22.9 Å². The molecule has 0 aromatic heterocycles. The van der Waals surface area contributed by atoms with Crippen LogP contribution < -0.4 is 14.2 Å². The Labute approximate surface area is 178 Å². The van der Waals surface area contributed by atoms with Crippen LogP contribution in [0.3, 0.4) is 0 Å². The van der Waals surface area contributed by atoms with Gasteiger partial charge in [0.25, 0.3) is 0 Å². The zero-order valence-corrected chi connectivity index (χ0v) is 18.2. The lowest BCUT2D eigenvalue weighted by Crippen LogP contribution is -2.43. The van der Waals surface area contributed by atoms with Crippen LogP contribution in [0.5, 0.6) is 17.2 Å². The standard InChI is InChI=1S/C24H30N2O4/c1-25-13-15-26(16-14-25)17-19-8-6-5-7-18(19)9-11-21(27)20-10-12-22(28-2)24(30-4)23(20)29-3/h5-12H,13-17H2,1-4H3. The van der Waals surface area contributed by atoms with Gasteiger partial charge in [-0.05, 0) is 36.4 Å². The molecule has 30 heavy (non-hydrogen) atoms. The highest BCUT2D eigenvalue weighted by Crippen LogP contribution is 2.40. The molecule has 0 unspecified atom stereocenters. The number of ether oxygens (including phenoxy) is 3. The average molecular weight is 411 g/mol. The van der Waals surface area contributed by atoms with Crippen molar-refractivity contribution in [2.45, 2.75) is 6.54 Å². The summed E-state index contributed by atoms with van der Waals surface area (Å²) in [6, 6.07) is 11.6. The van der Waals surface area contributed by atoms with Crippen LogP contribution in [0.2, 0.25) is 0 Å². The Morgan fingerprint density at radius 2 is 1.63 bits per heavy atom. The molecule has 0 spiro atoms. The molecular formula is C24H30N2O4. The molecule has 1 aliphatic rings. The fourth-order valence-corrected chi connectivity index (χ4v) is 3.64. The molecule has 6 heteroatoms. The molecule has 0 atom stereocenters. The zero-order chi connectivity index (χ0) is 21.5. The van der Waals surface area contributed by atoms with Gasteiger partial charge in [0.2, 0.25) is 5.75 Å². The van der Waals surface area contributed by atoms with Crippen molar-refractivity contribution in [3.8, 4) is 17.2 Å². The number of ketones is 1. The fourth-order valence-electron chi connectivity index (χ4n) is 3.64. The van der Waals surface area contributed by atoms with E-state index in [1.807, 2.05) is 24.3 Å². The molecule has 6 nitrogen and oxygen atoms in total. The molecule has 0 aliphatic carbocycles. The first kappa shape index (κ1) is 21.9. The summed E-state index contributed by atoms with van der Waals surface area (Å²) < 4.78 is 16.1. The third-order valence-corrected chi connectivity index (χ3v) is 5.43. The Morgan fingerprint density at radius 1 is 0.933 bits per heavy atom. The summed E-state index contributed by atoms with van der Waals surface area (Å²) in [6.07, 6.45) is 3.47. The van der Waals surface area contributed by atoms with Gasteiger partial charge < -0.3 is 19.1 Å². The highest BCUT2D eigenvalue weighted by atomic mass is 16.5. The van der Waals surface area contributed by atoms with Crippen LogP contribution in [0.25, 0.3) is 6.08 Å². The van der Waals surface area contributed by atoms with E-state index < -0.39 is 0 Å². The van der Waals surface area contributed by atoms with Gasteiger partial charge in [-0.15, -0.1) is 0 Å². The number of carbonyl (C=O) groups is 1. The van der Waals surface area contributed by atoms with Crippen LogP contribution >= 0.6 is 0 Å². The largest absolute Gasteiger partial charge is 0.493 e. The summed E-state index contributed by atoms with van der Waals surface area (Å²) in [7, 11) is 6.75. The third kappa shape index (κ3) is 5.01. The predicted octanol–water partition coefficient (Wildman–Crippen LogP) is 3.36. The van der Waals surface area contributed by atoms with Crippen molar-refractivity contribution in [3.63, 3.8) is 0 Å². The molecule has 0 bridgehead atoms. The van der Waals surface area contributed by atoms with Crippen molar-refractivity contribution in [1.82, 2.24) is 9.80 Å². The Morgan fingerprint density at radius 3 is 2.30 bits per heavy atom. The van der Waals surface area contributed by atoms with Crippen molar-refractivity contribution >= 4 is 11.9 Å². The van der Waals surface area contributed by atoms with Gasteiger partial charge in [-0.3, -0.25) is 9.69 Å². The Hall–Kier alpha value is -2.83. The second-order valence-corrected chi connectivity index (χ2v) is 7.36. The molecule has 2 aromatic rings. The van der Waals surface area contributed by atoms with E-state index in [1.54, 1.807) is 25.3 Å². The van der Waals surface area contributed by atoms with E-state index in [4.69, 9.17) is 14.2 Å². The smallest absolute Gasteiger partial charge is 0.204 e. The Bertz CT molecular complexity index is 902. The first-order chi connectivity index (χ1) is 14.6. The highest BCUT2D eigenvalue weighted by molar-refractivity contribution is 6.09. The molecule has 2 aromatic carbocycles. The van der Waals surface area contributed by atoms with Gasteiger partial charge in [-0.2, -0.15) is 0 Å². The molecule has 1 fully saturated rings. The van der Waals surface area contributed by atoms with Crippen LogP contribution in [0.4, 0.5) is 0 Å². The van der Waals surface area contributed by atoms with Gasteiger partial charge in [0.05, 0.1) is 26.9 Å². The molecule has 0 radical (unpaired) electrons. The number of nitrogens with zero attached hydrogens (tertiary/aromatic N) is 2. The van der Waals surface area contributed by atoms with Crippen molar-refractivity contribution < 1.29 is 19.0 Å². The van der Waals surface area contributed by atoms with Crippen molar-refractivity contribution in [2.75, 3.05) is 54.6 Å². The summed E-state index contributed by atoms with van der Waals surface area (Å²) in [5.41, 5.74) is 2.69. The van der Waals surface area contributed by atoms with Crippen molar-refractivity contribution in [2.24, 2.45) is 0 Å². The minimum absolute atomic E-state index is 0.151. The number of piperazine rings is 1. The van der Waals surface area contributed by atoms with Gasteiger partial charge in [0.15, 0.2) is 17.3 Å². The number of hydrogen-bond donors (Lipinski definition) is 0. The van der Waals surface area contributed by atoms with E-state index >= 15 is 0 Å². The molecule has 1 saturated heterocycles. The highest BCUT2D eigenvalue weighted by Gasteiger charge is 2.19. The SMILES string of the molecule is COc1ccc(C(=O)C=Cc2ccccc2CN2CCN(C)CC2)c(OC)c1OC. The number of methoxy groups -OCH3 is 3. The average Bonchev–Trinajstić information content (AvgIpc) is 2.78. The van der Waals surface area contributed by atoms with Gasteiger partial charge in [-0.1, -0.05) is 30.3 Å². The van der Waals surface area contributed by atoms with E-state index in [-0.39, 0.29) is 5.78 Å². The molecule has 0 saturated carbocycles. The van der Waals surface area contributed by atoms with E-state index in [0.29, 0.717) is 22.8 Å². The topological polar surface area (TPSA) is 51.2 Å². The summed E-state index contributed by atoms with van der Waals surface area (Å²) >= 11 is 0.